The molecule has 3 heterocycles. The molecule has 0 unspecified atom stereocenters. The number of aromatic nitrogens is 1. The van der Waals surface area contributed by atoms with Gasteiger partial charge in [0.2, 0.25) is 17.7 Å². The molecule has 1 aromatic heterocycles. The van der Waals surface area contributed by atoms with Crippen LogP contribution in [-0.4, -0.2) is 65.9 Å². The third-order valence-corrected chi connectivity index (χ3v) is 7.96. The standard InChI is InChI=1S/C33H43N5O4/c1-7-21(4)29(38(5)6)33(41)37-28-30(20(2)3)42-24-14-12-22(13-15-24)16-17-34-31(39)27(36-32(28)40)18-23-19-35-26-11-9-8-10-25(23)26/h8-17,19-21,27-30,35H,7,18H2,1-6H3,(H,34,39)(H,36,40)(H,37,41)/b17-16-/t21-,27+,28+,29-,30+/m0/s1. The largest absolute Gasteiger partial charge is 0.487 e. The van der Waals surface area contributed by atoms with Crippen LogP contribution in [0.1, 0.15) is 45.2 Å². The Morgan fingerprint density at radius 1 is 1.02 bits per heavy atom. The van der Waals surface area contributed by atoms with Crippen molar-refractivity contribution in [1.29, 1.82) is 0 Å². The van der Waals surface area contributed by atoms with Gasteiger partial charge in [0, 0.05) is 29.7 Å². The van der Waals surface area contributed by atoms with E-state index in [2.05, 4.69) is 20.9 Å². The monoisotopic (exact) mass is 573 g/mol. The summed E-state index contributed by atoms with van der Waals surface area (Å²) in [7, 11) is 3.72. The molecule has 224 valence electrons. The number of carbonyl (C=O) groups is 3. The topological polar surface area (TPSA) is 116 Å². The highest BCUT2D eigenvalue weighted by atomic mass is 16.5. The van der Waals surface area contributed by atoms with Crippen LogP contribution >= 0.6 is 0 Å². The van der Waals surface area contributed by atoms with Crippen LogP contribution in [0.5, 0.6) is 5.75 Å². The van der Waals surface area contributed by atoms with E-state index in [1.165, 1.54) is 0 Å². The molecule has 0 fully saturated rings. The molecule has 5 atom stereocenters. The van der Waals surface area contributed by atoms with Crippen molar-refractivity contribution in [2.45, 2.75) is 64.8 Å². The molecule has 42 heavy (non-hydrogen) atoms. The van der Waals surface area contributed by atoms with Gasteiger partial charge in [-0.1, -0.05) is 64.4 Å². The minimum absolute atomic E-state index is 0.0553. The molecule has 5 rings (SSSR count). The second-order valence-corrected chi connectivity index (χ2v) is 11.6. The molecule has 0 radical (unpaired) electrons. The summed E-state index contributed by atoms with van der Waals surface area (Å²) in [6.45, 7) is 7.96. The number of carbonyl (C=O) groups excluding carboxylic acids is 3. The fraction of sp³-hybridized carbons (Fsp3) is 0.424. The van der Waals surface area contributed by atoms with E-state index in [0.717, 1.165) is 28.5 Å². The van der Waals surface area contributed by atoms with E-state index in [9.17, 15) is 14.4 Å². The lowest BCUT2D eigenvalue weighted by atomic mass is 9.94. The number of ether oxygens (including phenoxy) is 1. The number of fused-ring (bicyclic) bond motifs is 11. The Morgan fingerprint density at radius 2 is 1.74 bits per heavy atom. The fourth-order valence-corrected chi connectivity index (χ4v) is 5.48. The first-order valence-corrected chi connectivity index (χ1v) is 14.6. The van der Waals surface area contributed by atoms with Crippen LogP contribution in [0.2, 0.25) is 0 Å². The van der Waals surface area contributed by atoms with E-state index in [1.54, 1.807) is 12.3 Å². The van der Waals surface area contributed by atoms with E-state index >= 15 is 0 Å². The van der Waals surface area contributed by atoms with Crippen molar-refractivity contribution in [3.63, 3.8) is 0 Å². The molecule has 2 aliphatic rings. The van der Waals surface area contributed by atoms with Gasteiger partial charge < -0.3 is 25.7 Å². The zero-order chi connectivity index (χ0) is 30.4. The number of rotatable bonds is 8. The van der Waals surface area contributed by atoms with Gasteiger partial charge in [0.1, 0.15) is 23.9 Å². The van der Waals surface area contributed by atoms with Gasteiger partial charge in [-0.25, -0.2) is 0 Å². The number of H-pyrrole nitrogens is 1. The van der Waals surface area contributed by atoms with Crippen LogP contribution in [0.25, 0.3) is 17.0 Å². The van der Waals surface area contributed by atoms with Crippen molar-refractivity contribution in [1.82, 2.24) is 25.8 Å². The number of amides is 3. The normalized spacial score (nSPS) is 21.8. The third kappa shape index (κ3) is 7.20. The Bertz CT molecular complexity index is 1410. The van der Waals surface area contributed by atoms with Crippen molar-refractivity contribution in [3.8, 4) is 5.75 Å². The van der Waals surface area contributed by atoms with E-state index in [4.69, 9.17) is 4.74 Å². The highest BCUT2D eigenvalue weighted by molar-refractivity contribution is 5.94. The van der Waals surface area contributed by atoms with Gasteiger partial charge in [0.05, 0.1) is 6.04 Å². The Labute approximate surface area is 248 Å². The summed E-state index contributed by atoms with van der Waals surface area (Å²) in [5, 5.41) is 9.79. The summed E-state index contributed by atoms with van der Waals surface area (Å²) in [5.74, 6) is -0.616. The maximum absolute atomic E-state index is 14.1. The van der Waals surface area contributed by atoms with Crippen LogP contribution in [0, 0.1) is 11.8 Å². The van der Waals surface area contributed by atoms with Crippen LogP contribution in [0.3, 0.4) is 0 Å². The maximum atomic E-state index is 14.1. The number of hydrogen-bond donors (Lipinski definition) is 4. The molecular formula is C33H43N5O4. The molecule has 4 N–H and O–H groups in total. The van der Waals surface area contributed by atoms with Crippen molar-refractivity contribution in [2.24, 2.45) is 11.8 Å². The first-order chi connectivity index (χ1) is 20.1. The number of nitrogens with zero attached hydrogens (tertiary/aromatic N) is 1. The van der Waals surface area contributed by atoms with Crippen molar-refractivity contribution < 1.29 is 19.1 Å². The second kappa shape index (κ2) is 13.7. The average Bonchev–Trinajstić information content (AvgIpc) is 3.37. The number of likely N-dealkylation sites (N-methyl/N-ethyl adjacent to an activating group) is 1. The predicted octanol–water partition coefficient (Wildman–Crippen LogP) is 3.86. The van der Waals surface area contributed by atoms with Gasteiger partial charge in [-0.15, -0.1) is 0 Å². The van der Waals surface area contributed by atoms with Crippen molar-refractivity contribution in [2.75, 3.05) is 14.1 Å². The number of aromatic amines is 1. The van der Waals surface area contributed by atoms with Crippen LogP contribution < -0.4 is 20.7 Å². The molecule has 0 saturated carbocycles. The smallest absolute Gasteiger partial charge is 0.247 e. The zero-order valence-corrected chi connectivity index (χ0v) is 25.3. The highest BCUT2D eigenvalue weighted by Gasteiger charge is 2.38. The summed E-state index contributed by atoms with van der Waals surface area (Å²) in [5.41, 5.74) is 2.72. The van der Waals surface area contributed by atoms with E-state index in [1.807, 2.05) is 101 Å². The molecule has 0 saturated heterocycles. The summed E-state index contributed by atoms with van der Waals surface area (Å²) >= 11 is 0. The Morgan fingerprint density at radius 3 is 2.40 bits per heavy atom. The number of hydrogen-bond acceptors (Lipinski definition) is 5. The molecular weight excluding hydrogens is 530 g/mol. The maximum Gasteiger partial charge on any atom is 0.247 e. The average molecular weight is 574 g/mol. The van der Waals surface area contributed by atoms with Crippen molar-refractivity contribution in [3.05, 3.63) is 72.1 Å². The number of benzene rings is 2. The molecule has 9 nitrogen and oxygen atoms in total. The number of nitrogens with one attached hydrogen (secondary N) is 4. The first kappa shape index (κ1) is 30.8. The SMILES string of the molecule is CC[C@H](C)[C@@H](C(=O)N[C@H]1C(=O)N[C@H](Cc2c[nH]c3ccccc23)C(=O)N/C=C\c2ccc(cc2)O[C@@H]1C(C)C)N(C)C. The molecule has 3 aromatic rings. The Hall–Kier alpha value is -4.11. The summed E-state index contributed by atoms with van der Waals surface area (Å²) in [6, 6.07) is 12.8. The quantitative estimate of drug-likeness (QED) is 0.327. The van der Waals surface area contributed by atoms with Gasteiger partial charge in [-0.05, 0) is 61.3 Å². The minimum Gasteiger partial charge on any atom is -0.487 e. The van der Waals surface area contributed by atoms with Gasteiger partial charge in [0.15, 0.2) is 0 Å². The predicted molar refractivity (Wildman–Crippen MR) is 166 cm³/mol. The van der Waals surface area contributed by atoms with Gasteiger partial charge in [0.25, 0.3) is 0 Å². The molecule has 9 heteroatoms. The molecule has 0 aliphatic carbocycles. The van der Waals surface area contributed by atoms with Crippen LogP contribution in [0.15, 0.2) is 60.9 Å². The van der Waals surface area contributed by atoms with E-state index < -0.39 is 30.1 Å². The first-order valence-electron chi connectivity index (χ1n) is 14.6. The van der Waals surface area contributed by atoms with Crippen LogP contribution in [-0.2, 0) is 20.8 Å². The summed E-state index contributed by atoms with van der Waals surface area (Å²) in [4.78, 5) is 46.5. The lowest BCUT2D eigenvalue weighted by Gasteiger charge is -2.35. The molecule has 3 amide bonds. The third-order valence-electron chi connectivity index (χ3n) is 7.96. The fourth-order valence-electron chi connectivity index (χ4n) is 5.48. The highest BCUT2D eigenvalue weighted by Crippen LogP contribution is 2.23. The lowest BCUT2D eigenvalue weighted by molar-refractivity contribution is -0.136. The molecule has 2 bridgehead atoms. The molecule has 2 aromatic carbocycles. The summed E-state index contributed by atoms with van der Waals surface area (Å²) < 4.78 is 6.39. The van der Waals surface area contributed by atoms with E-state index in [-0.39, 0.29) is 30.1 Å². The van der Waals surface area contributed by atoms with Crippen LogP contribution in [0.4, 0.5) is 0 Å². The van der Waals surface area contributed by atoms with E-state index in [0.29, 0.717) is 5.75 Å². The molecule has 2 aliphatic heterocycles. The Balaban J connectivity index is 1.73. The van der Waals surface area contributed by atoms with Gasteiger partial charge in [-0.2, -0.15) is 0 Å². The molecule has 0 spiro atoms. The zero-order valence-electron chi connectivity index (χ0n) is 25.3. The summed E-state index contributed by atoms with van der Waals surface area (Å²) in [6.07, 6.45) is 5.57. The number of para-hydroxylation sites is 1. The minimum atomic E-state index is -1.06. The van der Waals surface area contributed by atoms with Gasteiger partial charge >= 0.3 is 0 Å². The van der Waals surface area contributed by atoms with Gasteiger partial charge in [-0.3, -0.25) is 19.3 Å². The lowest BCUT2D eigenvalue weighted by Crippen LogP contribution is -2.62. The van der Waals surface area contributed by atoms with Crippen molar-refractivity contribution >= 4 is 34.7 Å². The second-order valence-electron chi connectivity index (χ2n) is 11.6. The Kier molecular flexibility index (Phi) is 10.1.